The van der Waals surface area contributed by atoms with Crippen molar-refractivity contribution in [1.29, 1.82) is 0 Å². The Hall–Kier alpha value is -1.31. The van der Waals surface area contributed by atoms with Crippen molar-refractivity contribution in [1.82, 2.24) is 4.90 Å². The molecule has 4 nitrogen and oxygen atoms in total. The van der Waals surface area contributed by atoms with Gasteiger partial charge in [0.2, 0.25) is 5.91 Å². The van der Waals surface area contributed by atoms with E-state index in [2.05, 4.69) is 0 Å². The van der Waals surface area contributed by atoms with Gasteiger partial charge in [0.25, 0.3) is 0 Å². The molecule has 0 radical (unpaired) electrons. The van der Waals surface area contributed by atoms with Gasteiger partial charge in [-0.05, 0) is 22.9 Å². The van der Waals surface area contributed by atoms with Crippen molar-refractivity contribution in [2.75, 3.05) is 11.5 Å². The van der Waals surface area contributed by atoms with Crippen LogP contribution in [0.2, 0.25) is 0 Å². The van der Waals surface area contributed by atoms with Crippen LogP contribution in [0.5, 0.6) is 0 Å². The van der Waals surface area contributed by atoms with Gasteiger partial charge in [-0.2, -0.15) is 0 Å². The Labute approximate surface area is 135 Å². The maximum absolute atomic E-state index is 12.3. The number of carboxylic acids is 1. The number of nitrogens with zero attached hydrogens (tertiary/aromatic N) is 1. The van der Waals surface area contributed by atoms with E-state index in [9.17, 15) is 9.59 Å². The van der Waals surface area contributed by atoms with E-state index in [4.69, 9.17) is 5.11 Å². The zero-order valence-corrected chi connectivity index (χ0v) is 13.7. The predicted molar refractivity (Wildman–Crippen MR) is 87.9 cm³/mol. The summed E-state index contributed by atoms with van der Waals surface area (Å²) in [6.45, 7) is 1.14. The fraction of sp³-hybridized carbons (Fsp3) is 0.286. The van der Waals surface area contributed by atoms with Crippen LogP contribution in [-0.2, 0) is 22.7 Å². The lowest BCUT2D eigenvalue weighted by Gasteiger charge is -2.21. The van der Waals surface area contributed by atoms with E-state index in [0.29, 0.717) is 13.1 Å². The van der Waals surface area contributed by atoms with Crippen LogP contribution < -0.4 is 0 Å². The highest BCUT2D eigenvalue weighted by Crippen LogP contribution is 2.18. The predicted octanol–water partition coefficient (Wildman–Crippen LogP) is 3.16. The maximum atomic E-state index is 12.3. The second-order valence-electron chi connectivity index (χ2n) is 4.30. The molecule has 0 spiro atoms. The molecule has 0 fully saturated rings. The zero-order valence-electron chi connectivity index (χ0n) is 11.2. The third-order valence-electron chi connectivity index (χ3n) is 2.66. The van der Waals surface area contributed by atoms with Crippen LogP contribution in [0.3, 0.4) is 0 Å². The molecule has 0 aliphatic carbocycles. The van der Waals surface area contributed by atoms with Crippen molar-refractivity contribution in [2.45, 2.75) is 13.1 Å². The van der Waals surface area contributed by atoms with E-state index in [0.717, 1.165) is 21.5 Å². The van der Waals surface area contributed by atoms with Crippen LogP contribution in [0.15, 0.2) is 35.0 Å². The first-order valence-corrected chi connectivity index (χ1v) is 9.18. The highest BCUT2D eigenvalue weighted by molar-refractivity contribution is 8.00. The standard InChI is InChI=1S/C14H15NO3S3/c16-13(9-19-10-14(17)18)15(7-11-3-1-5-20-11)8-12-4-2-6-21-12/h1-6H,7-10H2,(H,17,18). The lowest BCUT2D eigenvalue weighted by Crippen LogP contribution is -2.31. The monoisotopic (exact) mass is 341 g/mol. The number of rotatable bonds is 8. The number of carbonyl (C=O) groups excluding carboxylic acids is 1. The van der Waals surface area contributed by atoms with Crippen LogP contribution in [-0.4, -0.2) is 33.4 Å². The Morgan fingerprint density at radius 1 is 1.05 bits per heavy atom. The van der Waals surface area contributed by atoms with Gasteiger partial charge in [-0.25, -0.2) is 0 Å². The molecular weight excluding hydrogens is 326 g/mol. The van der Waals surface area contributed by atoms with Gasteiger partial charge in [0.1, 0.15) is 0 Å². The van der Waals surface area contributed by atoms with Crippen molar-refractivity contribution in [3.63, 3.8) is 0 Å². The molecule has 2 rings (SSSR count). The Bertz CT molecular complexity index is 530. The number of amides is 1. The first-order chi connectivity index (χ1) is 10.1. The minimum atomic E-state index is -0.893. The Morgan fingerprint density at radius 3 is 2.05 bits per heavy atom. The molecule has 0 saturated carbocycles. The van der Waals surface area contributed by atoms with Crippen molar-refractivity contribution < 1.29 is 14.7 Å². The fourth-order valence-corrected chi connectivity index (χ4v) is 3.80. The first-order valence-electron chi connectivity index (χ1n) is 6.27. The molecular formula is C14H15NO3S3. The zero-order chi connectivity index (χ0) is 15.1. The van der Waals surface area contributed by atoms with Crippen LogP contribution in [0.4, 0.5) is 0 Å². The molecule has 21 heavy (non-hydrogen) atoms. The second kappa shape index (κ2) is 8.21. The third kappa shape index (κ3) is 5.53. The number of thiophene rings is 2. The normalized spacial score (nSPS) is 10.5. The minimum Gasteiger partial charge on any atom is -0.481 e. The number of hydrogen-bond acceptors (Lipinski definition) is 5. The van der Waals surface area contributed by atoms with Gasteiger partial charge in [-0.1, -0.05) is 12.1 Å². The Balaban J connectivity index is 1.96. The number of aliphatic carboxylic acids is 1. The largest absolute Gasteiger partial charge is 0.481 e. The first kappa shape index (κ1) is 16.1. The molecule has 1 N–H and O–H groups in total. The summed E-state index contributed by atoms with van der Waals surface area (Å²) >= 11 is 4.38. The molecule has 0 saturated heterocycles. The van der Waals surface area contributed by atoms with Crippen LogP contribution in [0.25, 0.3) is 0 Å². The third-order valence-corrected chi connectivity index (χ3v) is 5.28. The summed E-state index contributed by atoms with van der Waals surface area (Å²) in [5.41, 5.74) is 0. The summed E-state index contributed by atoms with van der Waals surface area (Å²) in [7, 11) is 0. The average molecular weight is 341 g/mol. The second-order valence-corrected chi connectivity index (χ2v) is 7.35. The lowest BCUT2D eigenvalue weighted by atomic mass is 10.3. The average Bonchev–Trinajstić information content (AvgIpc) is 3.10. The molecule has 7 heteroatoms. The molecule has 0 aliphatic heterocycles. The van der Waals surface area contributed by atoms with E-state index < -0.39 is 5.97 Å². The molecule has 2 heterocycles. The van der Waals surface area contributed by atoms with E-state index >= 15 is 0 Å². The SMILES string of the molecule is O=C(O)CSCC(=O)N(Cc1cccs1)Cc1cccs1. The summed E-state index contributed by atoms with van der Waals surface area (Å²) in [6.07, 6.45) is 0. The van der Waals surface area contributed by atoms with E-state index in [1.165, 1.54) is 0 Å². The highest BCUT2D eigenvalue weighted by Gasteiger charge is 2.16. The molecule has 0 aliphatic rings. The number of thioether (sulfide) groups is 1. The van der Waals surface area contributed by atoms with Crippen LogP contribution in [0.1, 0.15) is 9.75 Å². The van der Waals surface area contributed by atoms with Gasteiger partial charge in [0, 0.05) is 9.75 Å². The van der Waals surface area contributed by atoms with Gasteiger partial charge >= 0.3 is 5.97 Å². The molecule has 0 unspecified atom stereocenters. The fourth-order valence-electron chi connectivity index (χ4n) is 1.73. The van der Waals surface area contributed by atoms with Gasteiger partial charge in [0.15, 0.2) is 0 Å². The topological polar surface area (TPSA) is 57.6 Å². The summed E-state index contributed by atoms with van der Waals surface area (Å²) in [5, 5.41) is 12.6. The summed E-state index contributed by atoms with van der Waals surface area (Å²) in [4.78, 5) is 26.9. The number of carbonyl (C=O) groups is 2. The highest BCUT2D eigenvalue weighted by atomic mass is 32.2. The summed E-state index contributed by atoms with van der Waals surface area (Å²) in [6, 6.07) is 7.94. The molecule has 2 aromatic heterocycles. The van der Waals surface area contributed by atoms with E-state index in [1.54, 1.807) is 27.6 Å². The summed E-state index contributed by atoms with van der Waals surface area (Å²) < 4.78 is 0. The van der Waals surface area contributed by atoms with Gasteiger partial charge in [-0.15, -0.1) is 34.4 Å². The van der Waals surface area contributed by atoms with Crippen LogP contribution >= 0.6 is 34.4 Å². The minimum absolute atomic E-state index is 0.0250. The van der Waals surface area contributed by atoms with Crippen molar-refractivity contribution in [2.24, 2.45) is 0 Å². The molecule has 0 aromatic carbocycles. The molecule has 112 valence electrons. The van der Waals surface area contributed by atoms with Crippen molar-refractivity contribution in [3.05, 3.63) is 44.8 Å². The Morgan fingerprint density at radius 2 is 1.62 bits per heavy atom. The van der Waals surface area contributed by atoms with Crippen LogP contribution in [0, 0.1) is 0 Å². The maximum Gasteiger partial charge on any atom is 0.313 e. The lowest BCUT2D eigenvalue weighted by molar-refractivity contribution is -0.133. The van der Waals surface area contributed by atoms with Gasteiger partial charge < -0.3 is 10.0 Å². The molecule has 2 aromatic rings. The number of hydrogen-bond donors (Lipinski definition) is 1. The number of carboxylic acid groups (broad SMARTS) is 1. The Kier molecular flexibility index (Phi) is 6.28. The smallest absolute Gasteiger partial charge is 0.313 e. The molecule has 0 atom stereocenters. The molecule has 1 amide bonds. The quantitative estimate of drug-likeness (QED) is 0.801. The van der Waals surface area contributed by atoms with Gasteiger partial charge in [0.05, 0.1) is 24.6 Å². The van der Waals surface area contributed by atoms with Crippen molar-refractivity contribution in [3.8, 4) is 0 Å². The van der Waals surface area contributed by atoms with Gasteiger partial charge in [-0.3, -0.25) is 9.59 Å². The van der Waals surface area contributed by atoms with E-state index in [-0.39, 0.29) is 17.4 Å². The van der Waals surface area contributed by atoms with E-state index in [1.807, 2.05) is 35.0 Å². The van der Waals surface area contributed by atoms with Crippen molar-refractivity contribution >= 4 is 46.3 Å². The molecule has 0 bridgehead atoms. The summed E-state index contributed by atoms with van der Waals surface area (Å²) in [5.74, 6) is -0.764.